The van der Waals surface area contributed by atoms with Crippen LogP contribution in [0, 0.1) is 0 Å². The molecule has 0 bridgehead atoms. The second-order valence-corrected chi connectivity index (χ2v) is 3.96. The Bertz CT molecular complexity index is 561. The van der Waals surface area contributed by atoms with E-state index in [1.165, 1.54) is 0 Å². The van der Waals surface area contributed by atoms with Crippen LogP contribution in [0.1, 0.15) is 19.4 Å². The fourth-order valence-electron chi connectivity index (χ4n) is 1.73. The van der Waals surface area contributed by atoms with Crippen molar-refractivity contribution in [3.05, 3.63) is 29.3 Å². The highest BCUT2D eigenvalue weighted by Gasteiger charge is 2.21. The zero-order valence-corrected chi connectivity index (χ0v) is 11.1. The van der Waals surface area contributed by atoms with Crippen molar-refractivity contribution in [3.63, 3.8) is 0 Å². The number of methoxy groups -OCH3 is 1. The summed E-state index contributed by atoms with van der Waals surface area (Å²) in [5, 5.41) is 3.63. The van der Waals surface area contributed by atoms with E-state index in [2.05, 4.69) is 9.99 Å². The largest absolute Gasteiger partial charge is 0.493 e. The molecule has 0 spiro atoms. The summed E-state index contributed by atoms with van der Waals surface area (Å²) in [4.78, 5) is 16.0. The lowest BCUT2D eigenvalue weighted by Crippen LogP contribution is -2.02. The molecule has 1 aliphatic rings. The van der Waals surface area contributed by atoms with Gasteiger partial charge < -0.3 is 14.3 Å². The van der Waals surface area contributed by atoms with Gasteiger partial charge in [-0.2, -0.15) is 0 Å². The molecule has 19 heavy (non-hydrogen) atoms. The molecule has 0 fully saturated rings. The maximum absolute atomic E-state index is 11.5. The summed E-state index contributed by atoms with van der Waals surface area (Å²) in [6.45, 7) is 4.20. The highest BCUT2D eigenvalue weighted by Crippen LogP contribution is 2.29. The fourth-order valence-corrected chi connectivity index (χ4v) is 1.73. The number of oxime groups is 1. The van der Waals surface area contributed by atoms with Crippen LogP contribution in [-0.4, -0.2) is 25.4 Å². The molecule has 5 nitrogen and oxygen atoms in total. The molecule has 0 unspecified atom stereocenters. The van der Waals surface area contributed by atoms with Gasteiger partial charge in [-0.25, -0.2) is 4.79 Å². The van der Waals surface area contributed by atoms with E-state index in [0.29, 0.717) is 29.4 Å². The van der Waals surface area contributed by atoms with E-state index in [-0.39, 0.29) is 0 Å². The molecule has 1 aromatic carbocycles. The van der Waals surface area contributed by atoms with Crippen LogP contribution in [0.5, 0.6) is 11.5 Å². The van der Waals surface area contributed by atoms with E-state index in [9.17, 15) is 4.79 Å². The van der Waals surface area contributed by atoms with Crippen LogP contribution in [-0.2, 0) is 9.63 Å². The standard InChI is InChI=1S/C14H15NO4/c1-4-18-12-6-5-10(8-13(12)17-3)7-11-9(2)15-19-14(11)16/h5-8H,4H2,1-3H3/b11-7+. The Kier molecular flexibility index (Phi) is 3.85. The van der Waals surface area contributed by atoms with E-state index in [0.717, 1.165) is 5.56 Å². The van der Waals surface area contributed by atoms with Gasteiger partial charge in [0.05, 0.1) is 25.0 Å². The summed E-state index contributed by atoms with van der Waals surface area (Å²) < 4.78 is 10.7. The van der Waals surface area contributed by atoms with Crippen LogP contribution in [0.4, 0.5) is 0 Å². The molecule has 1 aromatic rings. The van der Waals surface area contributed by atoms with Crippen LogP contribution in [0.15, 0.2) is 28.9 Å². The van der Waals surface area contributed by atoms with Crippen LogP contribution in [0.25, 0.3) is 6.08 Å². The molecular weight excluding hydrogens is 246 g/mol. The molecular formula is C14H15NO4. The van der Waals surface area contributed by atoms with Gasteiger partial charge in [-0.3, -0.25) is 0 Å². The van der Waals surface area contributed by atoms with Gasteiger partial charge in [-0.15, -0.1) is 0 Å². The quantitative estimate of drug-likeness (QED) is 0.617. The summed E-state index contributed by atoms with van der Waals surface area (Å²) in [5.41, 5.74) is 1.84. The lowest BCUT2D eigenvalue weighted by molar-refractivity contribution is -0.136. The predicted molar refractivity (Wildman–Crippen MR) is 71.3 cm³/mol. The van der Waals surface area contributed by atoms with Gasteiger partial charge in [-0.05, 0) is 37.6 Å². The van der Waals surface area contributed by atoms with Crippen molar-refractivity contribution in [2.24, 2.45) is 5.16 Å². The molecule has 0 aromatic heterocycles. The van der Waals surface area contributed by atoms with Crippen molar-refractivity contribution in [2.75, 3.05) is 13.7 Å². The van der Waals surface area contributed by atoms with E-state index >= 15 is 0 Å². The third-order valence-corrected chi connectivity index (χ3v) is 2.67. The normalized spacial score (nSPS) is 16.3. The SMILES string of the molecule is CCOc1ccc(/C=C2/C(=O)ON=C2C)cc1OC. The molecule has 0 aliphatic carbocycles. The first-order chi connectivity index (χ1) is 9.15. The Morgan fingerprint density at radius 2 is 2.16 bits per heavy atom. The Morgan fingerprint density at radius 1 is 1.37 bits per heavy atom. The number of ether oxygens (including phenoxy) is 2. The predicted octanol–water partition coefficient (Wildman–Crippen LogP) is 2.41. The minimum absolute atomic E-state index is 0.439. The van der Waals surface area contributed by atoms with Gasteiger partial charge in [0.2, 0.25) is 0 Å². The number of benzene rings is 1. The summed E-state index contributed by atoms with van der Waals surface area (Å²) >= 11 is 0. The maximum Gasteiger partial charge on any atom is 0.367 e. The molecule has 1 aliphatic heterocycles. The monoisotopic (exact) mass is 261 g/mol. The Morgan fingerprint density at radius 3 is 2.74 bits per heavy atom. The second kappa shape index (κ2) is 5.56. The third kappa shape index (κ3) is 2.76. The highest BCUT2D eigenvalue weighted by atomic mass is 16.7. The number of rotatable bonds is 4. The fraction of sp³-hybridized carbons (Fsp3) is 0.286. The lowest BCUT2D eigenvalue weighted by Gasteiger charge is -2.09. The molecule has 100 valence electrons. The average molecular weight is 261 g/mol. The van der Waals surface area contributed by atoms with Crippen molar-refractivity contribution < 1.29 is 19.1 Å². The molecule has 0 radical (unpaired) electrons. The van der Waals surface area contributed by atoms with Crippen molar-refractivity contribution in [1.29, 1.82) is 0 Å². The molecule has 0 saturated heterocycles. The summed E-state index contributed by atoms with van der Waals surface area (Å²) in [5.74, 6) is 0.856. The smallest absolute Gasteiger partial charge is 0.367 e. The van der Waals surface area contributed by atoms with Gasteiger partial charge in [0.25, 0.3) is 0 Å². The summed E-state index contributed by atoms with van der Waals surface area (Å²) in [6.07, 6.45) is 1.71. The van der Waals surface area contributed by atoms with Gasteiger partial charge in [0, 0.05) is 0 Å². The Balaban J connectivity index is 2.34. The number of carbonyl (C=O) groups excluding carboxylic acids is 1. The average Bonchev–Trinajstić information content (AvgIpc) is 2.72. The van der Waals surface area contributed by atoms with Crippen LogP contribution >= 0.6 is 0 Å². The van der Waals surface area contributed by atoms with Gasteiger partial charge >= 0.3 is 5.97 Å². The zero-order valence-electron chi connectivity index (χ0n) is 11.1. The highest BCUT2D eigenvalue weighted by molar-refractivity contribution is 6.24. The van der Waals surface area contributed by atoms with E-state index < -0.39 is 5.97 Å². The van der Waals surface area contributed by atoms with Gasteiger partial charge in [-0.1, -0.05) is 11.2 Å². The van der Waals surface area contributed by atoms with E-state index in [4.69, 9.17) is 9.47 Å². The minimum Gasteiger partial charge on any atom is -0.493 e. The first-order valence-corrected chi connectivity index (χ1v) is 5.94. The zero-order chi connectivity index (χ0) is 13.8. The van der Waals surface area contributed by atoms with Crippen LogP contribution < -0.4 is 9.47 Å². The minimum atomic E-state index is -0.439. The van der Waals surface area contributed by atoms with Crippen molar-refractivity contribution >= 4 is 17.8 Å². The molecule has 1 heterocycles. The molecule has 0 amide bonds. The number of hydrogen-bond donors (Lipinski definition) is 0. The molecule has 2 rings (SSSR count). The molecule has 0 saturated carbocycles. The van der Waals surface area contributed by atoms with E-state index in [1.54, 1.807) is 26.2 Å². The van der Waals surface area contributed by atoms with Crippen LogP contribution in [0.3, 0.4) is 0 Å². The molecule has 0 N–H and O–H groups in total. The number of hydrogen-bond acceptors (Lipinski definition) is 5. The molecule has 0 atom stereocenters. The van der Waals surface area contributed by atoms with Gasteiger partial charge in [0.15, 0.2) is 11.5 Å². The third-order valence-electron chi connectivity index (χ3n) is 2.67. The lowest BCUT2D eigenvalue weighted by atomic mass is 10.1. The Labute approximate surface area is 111 Å². The van der Waals surface area contributed by atoms with Gasteiger partial charge in [0.1, 0.15) is 0 Å². The number of nitrogens with zero attached hydrogens (tertiary/aromatic N) is 1. The summed E-state index contributed by atoms with van der Waals surface area (Å²) in [6, 6.07) is 5.46. The Hall–Kier alpha value is -2.30. The van der Waals surface area contributed by atoms with Crippen LogP contribution in [0.2, 0.25) is 0 Å². The van der Waals surface area contributed by atoms with Crippen molar-refractivity contribution in [1.82, 2.24) is 0 Å². The summed E-state index contributed by atoms with van der Waals surface area (Å²) in [7, 11) is 1.57. The van der Waals surface area contributed by atoms with Crippen molar-refractivity contribution in [2.45, 2.75) is 13.8 Å². The van der Waals surface area contributed by atoms with Crippen molar-refractivity contribution in [3.8, 4) is 11.5 Å². The first-order valence-electron chi connectivity index (χ1n) is 5.94. The molecule has 5 heteroatoms. The topological polar surface area (TPSA) is 57.1 Å². The first kappa shape index (κ1) is 13.1. The number of carbonyl (C=O) groups is 1. The second-order valence-electron chi connectivity index (χ2n) is 3.96. The van der Waals surface area contributed by atoms with E-state index in [1.807, 2.05) is 19.1 Å². The maximum atomic E-state index is 11.5.